The molecular formula is C17H13N3O2. The number of para-hydroxylation sites is 2. The average Bonchev–Trinajstić information content (AvgIpc) is 3.00. The van der Waals surface area contributed by atoms with Crippen LogP contribution in [0.3, 0.4) is 0 Å². The van der Waals surface area contributed by atoms with E-state index < -0.39 is 0 Å². The Morgan fingerprint density at radius 3 is 2.68 bits per heavy atom. The first-order valence-electron chi connectivity index (χ1n) is 6.67. The number of anilines is 1. The maximum absolute atomic E-state index is 9.29. The molecule has 0 atom stereocenters. The Morgan fingerprint density at radius 2 is 2.00 bits per heavy atom. The smallest absolute Gasteiger partial charge is 0.239 e. The summed E-state index contributed by atoms with van der Waals surface area (Å²) in [7, 11) is 1.61. The summed E-state index contributed by atoms with van der Waals surface area (Å²) in [5.41, 5.74) is 2.54. The second kappa shape index (κ2) is 6.02. The van der Waals surface area contributed by atoms with Gasteiger partial charge in [0.1, 0.15) is 22.9 Å². The standard InChI is InChI=1S/C17H13N3O2/c1-21-14-8-6-13(7-9-14)19-11-12(10-18)17-20-15-4-2-3-5-16(15)22-17/h2-9,11,19H,1H3. The molecule has 5 heteroatoms. The van der Waals surface area contributed by atoms with Crippen molar-refractivity contribution in [2.75, 3.05) is 12.4 Å². The molecule has 0 radical (unpaired) electrons. The van der Waals surface area contributed by atoms with Gasteiger partial charge in [0.05, 0.1) is 7.11 Å². The van der Waals surface area contributed by atoms with E-state index in [4.69, 9.17) is 9.15 Å². The number of allylic oxidation sites excluding steroid dienone is 1. The first-order chi connectivity index (χ1) is 10.8. The number of hydrogen-bond acceptors (Lipinski definition) is 5. The fraction of sp³-hybridized carbons (Fsp3) is 0.0588. The lowest BCUT2D eigenvalue weighted by Gasteiger charge is -2.03. The summed E-state index contributed by atoms with van der Waals surface area (Å²) in [5, 5.41) is 12.3. The SMILES string of the molecule is COc1ccc(NC=C(C#N)c2nc3ccccc3o2)cc1. The van der Waals surface area contributed by atoms with Gasteiger partial charge in [0.25, 0.3) is 0 Å². The van der Waals surface area contributed by atoms with Gasteiger partial charge < -0.3 is 14.5 Å². The predicted molar refractivity (Wildman–Crippen MR) is 84.2 cm³/mol. The minimum atomic E-state index is 0.296. The number of nitrogens with zero attached hydrogens (tertiary/aromatic N) is 2. The Kier molecular flexibility index (Phi) is 3.75. The van der Waals surface area contributed by atoms with Gasteiger partial charge in [0.15, 0.2) is 5.58 Å². The van der Waals surface area contributed by atoms with Crippen molar-refractivity contribution in [2.45, 2.75) is 0 Å². The third kappa shape index (κ3) is 2.76. The Labute approximate surface area is 127 Å². The molecule has 1 N–H and O–H groups in total. The molecule has 22 heavy (non-hydrogen) atoms. The Hall–Kier alpha value is -3.26. The third-order valence-electron chi connectivity index (χ3n) is 3.12. The van der Waals surface area contributed by atoms with E-state index in [1.165, 1.54) is 0 Å². The maximum atomic E-state index is 9.29. The van der Waals surface area contributed by atoms with Gasteiger partial charge >= 0.3 is 0 Å². The van der Waals surface area contributed by atoms with E-state index in [1.807, 2.05) is 48.5 Å². The largest absolute Gasteiger partial charge is 0.497 e. The summed E-state index contributed by atoms with van der Waals surface area (Å²) in [5.74, 6) is 1.07. The predicted octanol–water partition coefficient (Wildman–Crippen LogP) is 3.81. The van der Waals surface area contributed by atoms with Crippen LogP contribution in [0.15, 0.2) is 59.1 Å². The molecule has 1 aromatic heterocycles. The Bertz CT molecular complexity index is 824. The van der Waals surface area contributed by atoms with Gasteiger partial charge in [0, 0.05) is 11.9 Å². The highest BCUT2D eigenvalue weighted by Crippen LogP contribution is 2.21. The first-order valence-corrected chi connectivity index (χ1v) is 6.67. The van der Waals surface area contributed by atoms with Crippen molar-refractivity contribution in [1.29, 1.82) is 5.26 Å². The van der Waals surface area contributed by atoms with Crippen molar-refractivity contribution < 1.29 is 9.15 Å². The molecule has 0 aliphatic rings. The van der Waals surface area contributed by atoms with Crippen LogP contribution in [0, 0.1) is 11.3 Å². The molecular weight excluding hydrogens is 278 g/mol. The monoisotopic (exact) mass is 291 g/mol. The molecule has 0 aliphatic carbocycles. The second-order valence-electron chi connectivity index (χ2n) is 4.53. The van der Waals surface area contributed by atoms with E-state index in [0.29, 0.717) is 17.0 Å². The number of ether oxygens (including phenoxy) is 1. The van der Waals surface area contributed by atoms with Gasteiger partial charge in [-0.05, 0) is 36.4 Å². The zero-order valence-corrected chi connectivity index (χ0v) is 11.9. The third-order valence-corrected chi connectivity index (χ3v) is 3.12. The van der Waals surface area contributed by atoms with Crippen molar-refractivity contribution >= 4 is 22.4 Å². The summed E-state index contributed by atoms with van der Waals surface area (Å²) in [6.07, 6.45) is 1.58. The van der Waals surface area contributed by atoms with E-state index in [9.17, 15) is 5.26 Å². The molecule has 0 unspecified atom stereocenters. The summed E-state index contributed by atoms with van der Waals surface area (Å²) >= 11 is 0. The summed E-state index contributed by atoms with van der Waals surface area (Å²) in [6.45, 7) is 0. The van der Waals surface area contributed by atoms with Crippen LogP contribution >= 0.6 is 0 Å². The lowest BCUT2D eigenvalue weighted by Crippen LogP contribution is -1.91. The number of rotatable bonds is 4. The molecule has 3 rings (SSSR count). The van der Waals surface area contributed by atoms with Crippen LogP contribution in [0.1, 0.15) is 5.89 Å². The van der Waals surface area contributed by atoms with E-state index in [2.05, 4.69) is 16.4 Å². The molecule has 108 valence electrons. The number of benzene rings is 2. The quantitative estimate of drug-likeness (QED) is 0.740. The molecule has 1 heterocycles. The highest BCUT2D eigenvalue weighted by Gasteiger charge is 2.10. The fourth-order valence-electron chi connectivity index (χ4n) is 1.97. The number of nitriles is 1. The topological polar surface area (TPSA) is 71.1 Å². The van der Waals surface area contributed by atoms with Crippen LogP contribution in [0.4, 0.5) is 5.69 Å². The van der Waals surface area contributed by atoms with Crippen LogP contribution in [0.5, 0.6) is 5.75 Å². The maximum Gasteiger partial charge on any atom is 0.239 e. The molecule has 0 saturated heterocycles. The molecule has 0 saturated carbocycles. The van der Waals surface area contributed by atoms with Crippen molar-refractivity contribution in [3.63, 3.8) is 0 Å². The van der Waals surface area contributed by atoms with Gasteiger partial charge in [-0.3, -0.25) is 0 Å². The molecule has 0 bridgehead atoms. The Morgan fingerprint density at radius 1 is 1.23 bits per heavy atom. The van der Waals surface area contributed by atoms with Crippen molar-refractivity contribution in [1.82, 2.24) is 4.98 Å². The zero-order chi connectivity index (χ0) is 15.4. The van der Waals surface area contributed by atoms with Gasteiger partial charge in [-0.1, -0.05) is 12.1 Å². The van der Waals surface area contributed by atoms with E-state index in [0.717, 1.165) is 17.0 Å². The van der Waals surface area contributed by atoms with Crippen molar-refractivity contribution in [2.24, 2.45) is 0 Å². The number of fused-ring (bicyclic) bond motifs is 1. The van der Waals surface area contributed by atoms with Crippen LogP contribution < -0.4 is 10.1 Å². The van der Waals surface area contributed by atoms with Crippen LogP contribution in [0.2, 0.25) is 0 Å². The lowest BCUT2D eigenvalue weighted by atomic mass is 10.3. The van der Waals surface area contributed by atoms with E-state index in [1.54, 1.807) is 13.3 Å². The minimum Gasteiger partial charge on any atom is -0.497 e. The highest BCUT2D eigenvalue weighted by atomic mass is 16.5. The van der Waals surface area contributed by atoms with E-state index in [-0.39, 0.29) is 0 Å². The number of nitrogens with one attached hydrogen (secondary N) is 1. The molecule has 0 amide bonds. The van der Waals surface area contributed by atoms with Gasteiger partial charge in [-0.2, -0.15) is 5.26 Å². The van der Waals surface area contributed by atoms with Crippen molar-refractivity contribution in [3.8, 4) is 11.8 Å². The average molecular weight is 291 g/mol. The van der Waals surface area contributed by atoms with Gasteiger partial charge in [-0.25, -0.2) is 4.98 Å². The minimum absolute atomic E-state index is 0.296. The highest BCUT2D eigenvalue weighted by molar-refractivity contribution is 5.80. The molecule has 0 aliphatic heterocycles. The second-order valence-corrected chi connectivity index (χ2v) is 4.53. The normalized spacial score (nSPS) is 11.2. The van der Waals surface area contributed by atoms with Crippen LogP contribution in [-0.2, 0) is 0 Å². The molecule has 0 spiro atoms. The van der Waals surface area contributed by atoms with Crippen LogP contribution in [0.25, 0.3) is 16.7 Å². The number of oxazole rings is 1. The summed E-state index contributed by atoms with van der Waals surface area (Å²) in [4.78, 5) is 4.31. The van der Waals surface area contributed by atoms with Gasteiger partial charge in [-0.15, -0.1) is 0 Å². The van der Waals surface area contributed by atoms with Gasteiger partial charge in [0.2, 0.25) is 5.89 Å². The van der Waals surface area contributed by atoms with Crippen LogP contribution in [-0.4, -0.2) is 12.1 Å². The molecule has 5 nitrogen and oxygen atoms in total. The zero-order valence-electron chi connectivity index (χ0n) is 11.9. The number of methoxy groups -OCH3 is 1. The first kappa shape index (κ1) is 13.7. The number of hydrogen-bond donors (Lipinski definition) is 1. The lowest BCUT2D eigenvalue weighted by molar-refractivity contribution is 0.415. The molecule has 3 aromatic rings. The molecule has 2 aromatic carbocycles. The fourth-order valence-corrected chi connectivity index (χ4v) is 1.97. The van der Waals surface area contributed by atoms with E-state index >= 15 is 0 Å². The van der Waals surface area contributed by atoms with Crippen molar-refractivity contribution in [3.05, 3.63) is 60.6 Å². The number of aromatic nitrogens is 1. The summed E-state index contributed by atoms with van der Waals surface area (Å²) < 4.78 is 10.7. The Balaban J connectivity index is 1.84. The summed E-state index contributed by atoms with van der Waals surface area (Å²) in [6, 6.07) is 16.9. The molecule has 0 fully saturated rings.